The summed E-state index contributed by atoms with van der Waals surface area (Å²) in [5.74, 6) is 1.38. The van der Waals surface area contributed by atoms with Crippen molar-refractivity contribution in [2.75, 3.05) is 26.2 Å². The molecule has 2 rings (SSSR count). The molecule has 1 aliphatic heterocycles. The first-order chi connectivity index (χ1) is 10.8. The summed E-state index contributed by atoms with van der Waals surface area (Å²) in [6.45, 7) is 5.75. The van der Waals surface area contributed by atoms with Crippen LogP contribution in [0.5, 0.6) is 0 Å². The molecule has 1 atom stereocenters. The Bertz CT molecular complexity index is 308. The van der Waals surface area contributed by atoms with E-state index in [0.29, 0.717) is 37.5 Å². The molecule has 1 saturated carbocycles. The van der Waals surface area contributed by atoms with Gasteiger partial charge in [-0.15, -0.1) is 0 Å². The molecule has 0 aromatic heterocycles. The van der Waals surface area contributed by atoms with Gasteiger partial charge in [-0.05, 0) is 50.6 Å². The number of rotatable bonds is 7. The highest BCUT2D eigenvalue weighted by Crippen LogP contribution is 2.24. The highest BCUT2D eigenvalue weighted by atomic mass is 16.5. The van der Waals surface area contributed by atoms with Gasteiger partial charge in [0.15, 0.2) is 0 Å². The maximum Gasteiger partial charge on any atom is 0.220 e. The van der Waals surface area contributed by atoms with Gasteiger partial charge in [-0.25, -0.2) is 0 Å². The van der Waals surface area contributed by atoms with Gasteiger partial charge in [0.2, 0.25) is 5.91 Å². The molecule has 4 nitrogen and oxygen atoms in total. The molecular weight excluding hydrogens is 276 g/mol. The van der Waals surface area contributed by atoms with E-state index in [4.69, 9.17) is 4.74 Å². The van der Waals surface area contributed by atoms with E-state index in [2.05, 4.69) is 17.6 Å². The van der Waals surface area contributed by atoms with Crippen LogP contribution in [0.2, 0.25) is 0 Å². The number of piperidine rings is 1. The fourth-order valence-corrected chi connectivity index (χ4v) is 3.77. The van der Waals surface area contributed by atoms with Crippen LogP contribution < -0.4 is 10.6 Å². The summed E-state index contributed by atoms with van der Waals surface area (Å²) in [5, 5.41) is 6.41. The first-order valence-corrected chi connectivity index (χ1v) is 9.34. The summed E-state index contributed by atoms with van der Waals surface area (Å²) < 4.78 is 5.91. The number of hydrogen-bond acceptors (Lipinski definition) is 3. The summed E-state index contributed by atoms with van der Waals surface area (Å²) >= 11 is 0. The summed E-state index contributed by atoms with van der Waals surface area (Å²) in [7, 11) is 0. The zero-order valence-corrected chi connectivity index (χ0v) is 14.2. The lowest BCUT2D eigenvalue weighted by Crippen LogP contribution is -2.34. The largest absolute Gasteiger partial charge is 0.376 e. The number of nitrogens with one attached hydrogen (secondary N) is 2. The Labute approximate surface area is 135 Å². The number of amides is 1. The second-order valence-electron chi connectivity index (χ2n) is 7.10. The van der Waals surface area contributed by atoms with E-state index in [1.807, 2.05) is 0 Å². The quantitative estimate of drug-likeness (QED) is 0.561. The molecule has 1 amide bonds. The van der Waals surface area contributed by atoms with Crippen molar-refractivity contribution in [1.29, 1.82) is 0 Å². The lowest BCUT2D eigenvalue weighted by atomic mass is 9.84. The van der Waals surface area contributed by atoms with Gasteiger partial charge in [0.05, 0.1) is 12.7 Å². The van der Waals surface area contributed by atoms with Gasteiger partial charge in [-0.3, -0.25) is 4.79 Å². The first kappa shape index (κ1) is 17.7. The molecule has 22 heavy (non-hydrogen) atoms. The lowest BCUT2D eigenvalue weighted by molar-refractivity contribution is -0.122. The van der Waals surface area contributed by atoms with Crippen LogP contribution in [0.3, 0.4) is 0 Å². The minimum Gasteiger partial charge on any atom is -0.376 e. The van der Waals surface area contributed by atoms with Gasteiger partial charge in [-0.2, -0.15) is 0 Å². The number of carbonyl (C=O) groups excluding carboxylic acids is 1. The number of carbonyl (C=O) groups is 1. The molecule has 1 heterocycles. The molecule has 2 N–H and O–H groups in total. The van der Waals surface area contributed by atoms with E-state index in [1.165, 1.54) is 51.4 Å². The molecule has 2 aliphatic rings. The molecular formula is C18H34N2O2. The second kappa shape index (κ2) is 10.2. The molecule has 1 unspecified atom stereocenters. The normalized spacial score (nSPS) is 23.0. The fourth-order valence-electron chi connectivity index (χ4n) is 3.77. The van der Waals surface area contributed by atoms with Crippen molar-refractivity contribution in [2.24, 2.45) is 11.8 Å². The monoisotopic (exact) mass is 310 g/mol. The standard InChI is InChI=1S/C18H34N2O2/c1-15(16-8-10-19-11-9-16)14-18(21)20-12-13-22-17-6-4-2-3-5-7-17/h15-17,19H,2-14H2,1H3,(H,20,21). The summed E-state index contributed by atoms with van der Waals surface area (Å²) in [5.41, 5.74) is 0. The van der Waals surface area contributed by atoms with Crippen molar-refractivity contribution in [1.82, 2.24) is 10.6 Å². The zero-order valence-electron chi connectivity index (χ0n) is 14.2. The Balaban J connectivity index is 1.53. The predicted molar refractivity (Wildman–Crippen MR) is 89.8 cm³/mol. The lowest BCUT2D eigenvalue weighted by Gasteiger charge is -2.27. The van der Waals surface area contributed by atoms with Crippen LogP contribution in [0.25, 0.3) is 0 Å². The molecule has 4 heteroatoms. The van der Waals surface area contributed by atoms with Gasteiger partial charge in [0.1, 0.15) is 0 Å². The highest BCUT2D eigenvalue weighted by molar-refractivity contribution is 5.76. The molecule has 0 bridgehead atoms. The molecule has 0 spiro atoms. The van der Waals surface area contributed by atoms with Gasteiger partial charge in [0.25, 0.3) is 0 Å². The minimum absolute atomic E-state index is 0.190. The van der Waals surface area contributed by atoms with Crippen LogP contribution >= 0.6 is 0 Å². The van der Waals surface area contributed by atoms with Crippen molar-refractivity contribution >= 4 is 5.91 Å². The maximum absolute atomic E-state index is 12.0. The van der Waals surface area contributed by atoms with E-state index in [9.17, 15) is 4.79 Å². The summed E-state index contributed by atoms with van der Waals surface area (Å²) in [6, 6.07) is 0. The molecule has 0 aromatic carbocycles. The average molecular weight is 310 g/mol. The van der Waals surface area contributed by atoms with Crippen molar-refractivity contribution in [3.63, 3.8) is 0 Å². The van der Waals surface area contributed by atoms with Crippen LogP contribution in [0.4, 0.5) is 0 Å². The van der Waals surface area contributed by atoms with Crippen LogP contribution in [0, 0.1) is 11.8 Å². The van der Waals surface area contributed by atoms with Crippen LogP contribution in [-0.4, -0.2) is 38.3 Å². The van der Waals surface area contributed by atoms with E-state index in [0.717, 1.165) is 13.1 Å². The molecule has 1 aliphatic carbocycles. The topological polar surface area (TPSA) is 50.4 Å². The maximum atomic E-state index is 12.0. The van der Waals surface area contributed by atoms with Crippen molar-refractivity contribution in [3.8, 4) is 0 Å². The van der Waals surface area contributed by atoms with Gasteiger partial charge < -0.3 is 15.4 Å². The Morgan fingerprint density at radius 2 is 1.82 bits per heavy atom. The van der Waals surface area contributed by atoms with Gasteiger partial charge >= 0.3 is 0 Å². The van der Waals surface area contributed by atoms with Crippen molar-refractivity contribution < 1.29 is 9.53 Å². The molecule has 1 saturated heterocycles. The summed E-state index contributed by atoms with van der Waals surface area (Å²) in [4.78, 5) is 12.0. The fraction of sp³-hybridized carbons (Fsp3) is 0.944. The van der Waals surface area contributed by atoms with E-state index in [-0.39, 0.29) is 5.91 Å². The molecule has 128 valence electrons. The second-order valence-corrected chi connectivity index (χ2v) is 7.10. The number of ether oxygens (including phenoxy) is 1. The number of hydrogen-bond donors (Lipinski definition) is 2. The SMILES string of the molecule is CC(CC(=O)NCCOC1CCCCCC1)C1CCNCC1. The van der Waals surface area contributed by atoms with E-state index >= 15 is 0 Å². The zero-order chi connectivity index (χ0) is 15.6. The highest BCUT2D eigenvalue weighted by Gasteiger charge is 2.21. The van der Waals surface area contributed by atoms with Crippen molar-refractivity contribution in [3.05, 3.63) is 0 Å². The minimum atomic E-state index is 0.190. The van der Waals surface area contributed by atoms with E-state index in [1.54, 1.807) is 0 Å². The van der Waals surface area contributed by atoms with Gasteiger partial charge in [-0.1, -0.05) is 32.6 Å². The Kier molecular flexibility index (Phi) is 8.24. The van der Waals surface area contributed by atoms with E-state index < -0.39 is 0 Å². The Hall–Kier alpha value is -0.610. The third kappa shape index (κ3) is 6.66. The average Bonchev–Trinajstić information content (AvgIpc) is 2.81. The predicted octanol–water partition coefficient (Wildman–Crippen LogP) is 2.87. The molecule has 0 radical (unpaired) electrons. The third-order valence-corrected chi connectivity index (χ3v) is 5.28. The van der Waals surface area contributed by atoms with Crippen molar-refractivity contribution in [2.45, 2.75) is 70.8 Å². The van der Waals surface area contributed by atoms with Gasteiger partial charge in [0, 0.05) is 13.0 Å². The van der Waals surface area contributed by atoms with Crippen LogP contribution in [0.1, 0.15) is 64.7 Å². The summed E-state index contributed by atoms with van der Waals surface area (Å²) in [6.07, 6.45) is 11.2. The molecule has 0 aromatic rings. The third-order valence-electron chi connectivity index (χ3n) is 5.28. The Morgan fingerprint density at radius 3 is 2.50 bits per heavy atom. The smallest absolute Gasteiger partial charge is 0.220 e. The molecule has 2 fully saturated rings. The van der Waals surface area contributed by atoms with Crippen LogP contribution in [-0.2, 0) is 9.53 Å². The Morgan fingerprint density at radius 1 is 1.14 bits per heavy atom. The van der Waals surface area contributed by atoms with Crippen LogP contribution in [0.15, 0.2) is 0 Å². The first-order valence-electron chi connectivity index (χ1n) is 9.34.